The van der Waals surface area contributed by atoms with Gasteiger partial charge in [-0.3, -0.25) is 13.9 Å². The van der Waals surface area contributed by atoms with E-state index >= 15 is 0 Å². The number of aromatic nitrogens is 1. The Balaban J connectivity index is 0.000000818. The molecule has 5 rings (SSSR count). The Morgan fingerprint density at radius 3 is 2.55 bits per heavy atom. The lowest BCUT2D eigenvalue weighted by Crippen LogP contribution is -2.42. The van der Waals surface area contributed by atoms with Crippen molar-refractivity contribution in [2.45, 2.75) is 59.5 Å². The van der Waals surface area contributed by atoms with Gasteiger partial charge in [0.2, 0.25) is 15.9 Å². The van der Waals surface area contributed by atoms with Crippen molar-refractivity contribution in [2.24, 2.45) is 0 Å². The molecule has 2 aromatic rings. The molecule has 0 amide bonds. The van der Waals surface area contributed by atoms with Crippen LogP contribution >= 0.6 is 11.3 Å². The lowest BCUT2D eigenvalue weighted by Gasteiger charge is -2.28. The molecular formula is C33H39N3O6S2. The van der Waals surface area contributed by atoms with Gasteiger partial charge in [0.15, 0.2) is 5.76 Å². The Morgan fingerprint density at radius 1 is 1.20 bits per heavy atom. The highest BCUT2D eigenvalue weighted by molar-refractivity contribution is 7.79. The lowest BCUT2D eigenvalue weighted by molar-refractivity contribution is -0.589. The van der Waals surface area contributed by atoms with Crippen molar-refractivity contribution < 1.29 is 26.8 Å². The topological polar surface area (TPSA) is 115 Å². The molecule has 1 aromatic heterocycles. The van der Waals surface area contributed by atoms with E-state index < -0.39 is 10.4 Å². The van der Waals surface area contributed by atoms with Crippen molar-refractivity contribution in [1.82, 2.24) is 4.57 Å². The first-order valence-corrected chi connectivity index (χ1v) is 16.7. The second-order valence-electron chi connectivity index (χ2n) is 10.7. The van der Waals surface area contributed by atoms with Crippen molar-refractivity contribution >= 4 is 51.0 Å². The fourth-order valence-electron chi connectivity index (χ4n) is 5.87. The highest BCUT2D eigenvalue weighted by Crippen LogP contribution is 2.42. The van der Waals surface area contributed by atoms with Crippen molar-refractivity contribution in [3.63, 3.8) is 0 Å². The minimum absolute atomic E-state index is 0.0110. The third-order valence-electron chi connectivity index (χ3n) is 8.14. The normalized spacial score (nSPS) is 21.2. The van der Waals surface area contributed by atoms with Gasteiger partial charge in [-0.05, 0) is 63.1 Å². The van der Waals surface area contributed by atoms with Gasteiger partial charge in [-0.15, -0.1) is 17.9 Å². The molecule has 1 aromatic carbocycles. The van der Waals surface area contributed by atoms with Crippen LogP contribution in [-0.2, 0) is 21.7 Å². The average Bonchev–Trinajstić information content (AvgIpc) is 3.43. The maximum Gasteiger partial charge on any atom is 0.371 e. The summed E-state index contributed by atoms with van der Waals surface area (Å²) in [6.07, 6.45) is 16.1. The molecule has 2 aliphatic heterocycles. The molecule has 0 saturated heterocycles. The number of fused-ring (bicyclic) bond motifs is 2. The molecule has 234 valence electrons. The van der Waals surface area contributed by atoms with Crippen LogP contribution in [0.1, 0.15) is 53.0 Å². The predicted octanol–water partition coefficient (Wildman–Crippen LogP) is 4.33. The van der Waals surface area contributed by atoms with E-state index in [9.17, 15) is 4.79 Å². The van der Waals surface area contributed by atoms with E-state index in [0.717, 1.165) is 47.8 Å². The van der Waals surface area contributed by atoms with Crippen LogP contribution in [0.4, 0.5) is 5.69 Å². The number of allylic oxidation sites excluding steroid dienone is 6. The van der Waals surface area contributed by atoms with Gasteiger partial charge >= 0.3 is 5.90 Å². The van der Waals surface area contributed by atoms with Crippen LogP contribution in [0.3, 0.4) is 0 Å². The van der Waals surface area contributed by atoms with Gasteiger partial charge in [0.05, 0.1) is 10.6 Å². The second kappa shape index (κ2) is 13.5. The first-order chi connectivity index (χ1) is 20.9. The molecule has 1 atom stereocenters. The largest absolute Gasteiger partial charge is 0.726 e. The van der Waals surface area contributed by atoms with Gasteiger partial charge in [-0.1, -0.05) is 42.8 Å². The van der Waals surface area contributed by atoms with Crippen LogP contribution in [-0.4, -0.2) is 51.2 Å². The highest BCUT2D eigenvalue weighted by Gasteiger charge is 2.53. The lowest BCUT2D eigenvalue weighted by atomic mass is 9.80. The molecule has 11 heteroatoms. The molecule has 1 N–H and O–H groups in total. The summed E-state index contributed by atoms with van der Waals surface area (Å²) >= 11 is 1.50. The van der Waals surface area contributed by atoms with Crippen molar-refractivity contribution in [1.29, 1.82) is 0 Å². The molecular weight excluding hydrogens is 599 g/mol. The number of hydrogen-bond acceptors (Lipinski definition) is 7. The van der Waals surface area contributed by atoms with Gasteiger partial charge in [-0.25, -0.2) is 8.42 Å². The quantitative estimate of drug-likeness (QED) is 0.208. The molecule has 3 aliphatic rings. The zero-order chi connectivity index (χ0) is 32.2. The fourth-order valence-corrected chi connectivity index (χ4v) is 6.85. The smallest absolute Gasteiger partial charge is 0.371 e. The maximum atomic E-state index is 13.5. The van der Waals surface area contributed by atoms with Crippen molar-refractivity contribution in [3.05, 3.63) is 103 Å². The first-order valence-electron chi connectivity index (χ1n) is 14.5. The van der Waals surface area contributed by atoms with Crippen molar-refractivity contribution in [2.75, 3.05) is 18.0 Å². The summed E-state index contributed by atoms with van der Waals surface area (Å²) in [5, 5.41) is 0. The second-order valence-corrected chi connectivity index (χ2v) is 12.6. The molecule has 9 nitrogen and oxygen atoms in total. The summed E-state index contributed by atoms with van der Waals surface area (Å²) in [5.74, 6) is 1.82. The number of para-hydroxylation sites is 1. The third kappa shape index (κ3) is 6.81. The van der Waals surface area contributed by atoms with Gasteiger partial charge in [0.25, 0.3) is 5.56 Å². The van der Waals surface area contributed by atoms with Gasteiger partial charge in [0.1, 0.15) is 11.2 Å². The first kappa shape index (κ1) is 33.1. The van der Waals surface area contributed by atoms with Crippen LogP contribution in [0.25, 0.3) is 17.7 Å². The molecule has 3 heterocycles. The number of hydrogen-bond donors (Lipinski definition) is 1. The van der Waals surface area contributed by atoms with E-state index in [0.29, 0.717) is 11.1 Å². The van der Waals surface area contributed by atoms with Crippen LogP contribution in [0.2, 0.25) is 0 Å². The molecule has 0 bridgehead atoms. The standard InChI is InChI=1S/C33H38N3O2S.H2O4S/c1-7-18-35-31(21-30-36(10-4)33(8-2)22-24(6)23(5)20-29(33)38-30)39-28(32(35)37)16-15-25-17-19-34(9-3)27-14-12-11-13-26(25)27;1-5(2,3)4/h7,11-17,19-21H,1,8-10,18,22H2,2-6H3;(H2,1,2,3,4)/q+1;/p-1/b25-15+,28-16+;. The van der Waals surface area contributed by atoms with E-state index in [-0.39, 0.29) is 11.1 Å². The molecule has 1 unspecified atom stereocenters. The van der Waals surface area contributed by atoms with Gasteiger partial charge in [-0.2, -0.15) is 4.58 Å². The maximum absolute atomic E-state index is 13.5. The Bertz CT molecular complexity index is 1900. The van der Waals surface area contributed by atoms with Crippen LogP contribution in [0, 0.1) is 0 Å². The Morgan fingerprint density at radius 2 is 1.91 bits per heavy atom. The molecule has 0 radical (unpaired) electrons. The number of benzene rings is 1. The van der Waals surface area contributed by atoms with E-state index in [1.807, 2.05) is 12.2 Å². The van der Waals surface area contributed by atoms with E-state index in [1.54, 1.807) is 10.6 Å². The summed E-state index contributed by atoms with van der Waals surface area (Å²) in [6, 6.07) is 8.39. The molecule has 44 heavy (non-hydrogen) atoms. The van der Waals surface area contributed by atoms with Gasteiger partial charge in [0, 0.05) is 43.4 Å². The minimum Gasteiger partial charge on any atom is -0.726 e. The Kier molecular flexibility index (Phi) is 10.1. The van der Waals surface area contributed by atoms with Gasteiger partial charge < -0.3 is 14.2 Å². The summed E-state index contributed by atoms with van der Waals surface area (Å²) in [5.41, 5.74) is 5.93. The Labute approximate surface area is 262 Å². The van der Waals surface area contributed by atoms with E-state index in [4.69, 9.17) is 22.3 Å². The third-order valence-corrected chi connectivity index (χ3v) is 9.22. The highest BCUT2D eigenvalue weighted by atomic mass is 32.3. The summed E-state index contributed by atoms with van der Waals surface area (Å²) in [4.78, 5) is 15.7. The SMILES string of the molecule is C=CCn1c(=O)/c(=C\C=C2/C=CN(CC)c3ccccc32)s/c1=C\C1=[N+](CC)C2(CC)CC(C)=C(C)C=C2O1.O=S(=O)([O-])O. The fraction of sp³-hybridized carbons (Fsp3) is 0.333. The Hall–Kier alpha value is -3.77. The summed E-state index contributed by atoms with van der Waals surface area (Å²) < 4.78 is 45.1. The molecule has 1 aliphatic carbocycles. The number of ether oxygens (including phenoxy) is 1. The monoisotopic (exact) mass is 637 g/mol. The van der Waals surface area contributed by atoms with Crippen molar-refractivity contribution in [3.8, 4) is 0 Å². The number of anilines is 1. The molecule has 0 fully saturated rings. The van der Waals surface area contributed by atoms with Crippen LogP contribution < -0.4 is 19.7 Å². The van der Waals surface area contributed by atoms with Crippen LogP contribution in [0.5, 0.6) is 0 Å². The number of rotatable bonds is 7. The van der Waals surface area contributed by atoms with E-state index in [1.165, 1.54) is 33.7 Å². The number of nitrogens with zero attached hydrogens (tertiary/aromatic N) is 3. The predicted molar refractivity (Wildman–Crippen MR) is 177 cm³/mol. The molecule has 0 spiro atoms. The zero-order valence-corrected chi connectivity index (χ0v) is 27.4. The van der Waals surface area contributed by atoms with Crippen LogP contribution in [0.15, 0.2) is 83.0 Å². The number of likely N-dealkylation sites (N-methyl/N-ethyl adjacent to an activating group) is 1. The zero-order valence-electron chi connectivity index (χ0n) is 25.7. The summed E-state index contributed by atoms with van der Waals surface area (Å²) in [6.45, 7) is 17.0. The molecule has 0 saturated carbocycles. The average molecular weight is 638 g/mol. The number of thiazole rings is 1. The van der Waals surface area contributed by atoms with E-state index in [2.05, 4.69) is 99.4 Å². The minimum atomic E-state index is -4.92. The summed E-state index contributed by atoms with van der Waals surface area (Å²) in [7, 11) is -4.92.